The van der Waals surface area contributed by atoms with Crippen LogP contribution in [0.1, 0.15) is 48.1 Å². The number of nitrogens with zero attached hydrogens (tertiary/aromatic N) is 2. The van der Waals surface area contributed by atoms with Gasteiger partial charge in [0.25, 0.3) is 5.78 Å². The smallest absolute Gasteiger partial charge is 0.301 e. The molecule has 38 heavy (non-hydrogen) atoms. The number of rotatable bonds is 5. The molecule has 1 amide bonds. The summed E-state index contributed by atoms with van der Waals surface area (Å²) in [6.07, 6.45) is 0. The number of ketones is 1. The van der Waals surface area contributed by atoms with Crippen molar-refractivity contribution < 1.29 is 19.4 Å². The van der Waals surface area contributed by atoms with Crippen molar-refractivity contribution in [3.8, 4) is 5.75 Å². The molecule has 0 aliphatic carbocycles. The summed E-state index contributed by atoms with van der Waals surface area (Å²) >= 11 is 13.9. The van der Waals surface area contributed by atoms with Gasteiger partial charge in [0, 0.05) is 5.02 Å². The van der Waals surface area contributed by atoms with Crippen molar-refractivity contribution in [1.29, 1.82) is 0 Å². The Labute approximate surface area is 234 Å². The lowest BCUT2D eigenvalue weighted by Gasteiger charge is -2.23. The highest BCUT2D eigenvalue weighted by Gasteiger charge is 2.48. The molecule has 6 nitrogen and oxygen atoms in total. The predicted octanol–water partition coefficient (Wildman–Crippen LogP) is 7.67. The first-order valence-electron chi connectivity index (χ1n) is 11.9. The largest absolute Gasteiger partial charge is 0.507 e. The van der Waals surface area contributed by atoms with E-state index in [0.717, 1.165) is 21.3 Å². The van der Waals surface area contributed by atoms with Crippen molar-refractivity contribution in [3.63, 3.8) is 0 Å². The Balaban J connectivity index is 1.76. The van der Waals surface area contributed by atoms with Gasteiger partial charge >= 0.3 is 5.91 Å². The van der Waals surface area contributed by atoms with Crippen LogP contribution >= 0.6 is 34.5 Å². The van der Waals surface area contributed by atoms with Gasteiger partial charge in [0.2, 0.25) is 0 Å². The topological polar surface area (TPSA) is 79.7 Å². The van der Waals surface area contributed by atoms with Crippen molar-refractivity contribution in [1.82, 2.24) is 4.98 Å². The van der Waals surface area contributed by atoms with E-state index in [9.17, 15) is 14.7 Å². The Kier molecular flexibility index (Phi) is 6.94. The van der Waals surface area contributed by atoms with E-state index in [1.807, 2.05) is 43.3 Å². The Morgan fingerprint density at radius 3 is 2.55 bits per heavy atom. The summed E-state index contributed by atoms with van der Waals surface area (Å²) < 4.78 is 6.31. The number of hydrogen-bond acceptors (Lipinski definition) is 6. The molecule has 9 heteroatoms. The molecule has 1 aliphatic rings. The molecule has 1 fully saturated rings. The number of aliphatic hydroxyl groups is 1. The second-order valence-electron chi connectivity index (χ2n) is 9.43. The van der Waals surface area contributed by atoms with Crippen molar-refractivity contribution in [2.75, 3.05) is 12.0 Å². The summed E-state index contributed by atoms with van der Waals surface area (Å²) in [4.78, 5) is 33.2. The van der Waals surface area contributed by atoms with Crippen molar-refractivity contribution >= 4 is 67.3 Å². The van der Waals surface area contributed by atoms with Crippen LogP contribution in [0.2, 0.25) is 10.0 Å². The number of methoxy groups -OCH3 is 1. The number of hydrogen-bond donors (Lipinski definition) is 1. The minimum atomic E-state index is -0.928. The number of aromatic nitrogens is 1. The molecule has 194 valence electrons. The maximum atomic E-state index is 13.6. The lowest BCUT2D eigenvalue weighted by Crippen LogP contribution is -2.29. The first-order chi connectivity index (χ1) is 18.1. The van der Waals surface area contributed by atoms with Gasteiger partial charge in [0.1, 0.15) is 11.5 Å². The van der Waals surface area contributed by atoms with E-state index in [2.05, 4.69) is 19.9 Å². The molecule has 0 spiro atoms. The average molecular weight is 567 g/mol. The van der Waals surface area contributed by atoms with Gasteiger partial charge in [-0.1, -0.05) is 84.3 Å². The van der Waals surface area contributed by atoms with Crippen LogP contribution in [0.15, 0.2) is 60.2 Å². The SMILES string of the molecule is COc1c(Cl)cc(Cl)cc1/C(O)=C1\C(=O)C(=O)N(c2nc3ccc(C(C)C)cc3s2)C1c1cccc(C)c1. The third-order valence-corrected chi connectivity index (χ3v) is 8.06. The zero-order chi connectivity index (χ0) is 27.3. The van der Waals surface area contributed by atoms with Crippen LogP contribution in [0, 0.1) is 6.92 Å². The molecule has 0 saturated carbocycles. The van der Waals surface area contributed by atoms with Gasteiger partial charge in [-0.25, -0.2) is 4.98 Å². The number of fused-ring (bicyclic) bond motifs is 1. The highest BCUT2D eigenvalue weighted by molar-refractivity contribution is 7.22. The summed E-state index contributed by atoms with van der Waals surface area (Å²) in [5.74, 6) is -1.58. The quantitative estimate of drug-likeness (QED) is 0.152. The number of carbonyl (C=O) groups is 2. The fraction of sp³-hybridized carbons (Fsp3) is 0.207. The van der Waals surface area contributed by atoms with Crippen LogP contribution in [0.25, 0.3) is 16.0 Å². The van der Waals surface area contributed by atoms with Crippen LogP contribution in [0.5, 0.6) is 5.75 Å². The van der Waals surface area contributed by atoms with Crippen LogP contribution in [0.4, 0.5) is 5.13 Å². The van der Waals surface area contributed by atoms with Crippen molar-refractivity contribution in [3.05, 3.63) is 92.5 Å². The average Bonchev–Trinajstić information content (AvgIpc) is 3.40. The first kappa shape index (κ1) is 26.2. The number of aryl methyl sites for hydroxylation is 1. The Bertz CT molecular complexity index is 1640. The number of halogens is 2. The number of carbonyl (C=O) groups excluding carboxylic acids is 2. The second-order valence-corrected chi connectivity index (χ2v) is 11.3. The molecular formula is C29H24Cl2N2O4S. The van der Waals surface area contributed by atoms with Crippen molar-refractivity contribution in [2.24, 2.45) is 0 Å². The molecular weight excluding hydrogens is 543 g/mol. The van der Waals surface area contributed by atoms with E-state index in [4.69, 9.17) is 32.9 Å². The number of amides is 1. The van der Waals surface area contributed by atoms with Gasteiger partial charge in [-0.05, 0) is 48.2 Å². The van der Waals surface area contributed by atoms with Gasteiger partial charge in [0.05, 0.1) is 39.5 Å². The number of Topliss-reactive ketones (excluding diaryl/α,β-unsaturated/α-hetero) is 1. The second kappa shape index (κ2) is 10.1. The standard InChI is InChI=1S/C29H24Cl2N2O4S/c1-14(2)16-8-9-21-22(11-16)38-29(32-21)33-24(17-7-5-6-15(3)10-17)23(26(35)28(33)36)25(34)19-12-18(30)13-20(31)27(19)37-4/h5-14,24,34H,1-4H3/b25-23+. The monoisotopic (exact) mass is 566 g/mol. The molecule has 1 unspecified atom stereocenters. The highest BCUT2D eigenvalue weighted by Crippen LogP contribution is 2.46. The summed E-state index contributed by atoms with van der Waals surface area (Å²) in [5.41, 5.74) is 3.48. The minimum Gasteiger partial charge on any atom is -0.507 e. The third-order valence-electron chi connectivity index (χ3n) is 6.54. The maximum absolute atomic E-state index is 13.6. The third kappa shape index (κ3) is 4.45. The lowest BCUT2D eigenvalue weighted by atomic mass is 9.94. The fourth-order valence-electron chi connectivity index (χ4n) is 4.67. The number of benzene rings is 3. The molecule has 1 aromatic heterocycles. The zero-order valence-corrected chi connectivity index (χ0v) is 23.4. The molecule has 1 aliphatic heterocycles. The molecule has 3 aromatic carbocycles. The van der Waals surface area contributed by atoms with Crippen LogP contribution < -0.4 is 9.64 Å². The van der Waals surface area contributed by atoms with E-state index in [1.165, 1.54) is 35.5 Å². The Morgan fingerprint density at radius 2 is 1.87 bits per heavy atom. The van der Waals surface area contributed by atoms with Gasteiger partial charge < -0.3 is 9.84 Å². The number of anilines is 1. The predicted molar refractivity (Wildman–Crippen MR) is 153 cm³/mol. The van der Waals surface area contributed by atoms with Crippen molar-refractivity contribution in [2.45, 2.75) is 32.7 Å². The lowest BCUT2D eigenvalue weighted by molar-refractivity contribution is -0.132. The Hall–Kier alpha value is -3.39. The molecule has 4 aromatic rings. The van der Waals surface area contributed by atoms with E-state index in [0.29, 0.717) is 16.6 Å². The minimum absolute atomic E-state index is 0.0978. The van der Waals surface area contributed by atoms with E-state index >= 15 is 0 Å². The van der Waals surface area contributed by atoms with Gasteiger partial charge in [-0.2, -0.15) is 0 Å². The van der Waals surface area contributed by atoms with E-state index < -0.39 is 23.5 Å². The molecule has 1 saturated heterocycles. The number of aliphatic hydroxyl groups excluding tert-OH is 1. The summed E-state index contributed by atoms with van der Waals surface area (Å²) in [6, 6.07) is 15.4. The fourth-order valence-corrected chi connectivity index (χ4v) is 6.28. The molecule has 1 N–H and O–H groups in total. The normalized spacial score (nSPS) is 17.1. The van der Waals surface area contributed by atoms with Crippen LogP contribution in [0.3, 0.4) is 0 Å². The molecule has 1 atom stereocenters. The molecule has 2 heterocycles. The maximum Gasteiger partial charge on any atom is 0.301 e. The van der Waals surface area contributed by atoms with Gasteiger partial charge in [0.15, 0.2) is 5.13 Å². The molecule has 5 rings (SSSR count). The number of ether oxygens (including phenoxy) is 1. The zero-order valence-electron chi connectivity index (χ0n) is 21.1. The molecule has 0 bridgehead atoms. The summed E-state index contributed by atoms with van der Waals surface area (Å²) in [5, 5.41) is 12.3. The van der Waals surface area contributed by atoms with E-state index in [-0.39, 0.29) is 26.9 Å². The van der Waals surface area contributed by atoms with Gasteiger partial charge in [-0.3, -0.25) is 14.5 Å². The van der Waals surface area contributed by atoms with Crippen LogP contribution in [-0.2, 0) is 9.59 Å². The first-order valence-corrected chi connectivity index (χ1v) is 13.5. The molecule has 0 radical (unpaired) electrons. The van der Waals surface area contributed by atoms with E-state index in [1.54, 1.807) is 0 Å². The highest BCUT2D eigenvalue weighted by atomic mass is 35.5. The van der Waals surface area contributed by atoms with Gasteiger partial charge in [-0.15, -0.1) is 0 Å². The van der Waals surface area contributed by atoms with Crippen LogP contribution in [-0.4, -0.2) is 28.9 Å². The summed E-state index contributed by atoms with van der Waals surface area (Å²) in [6.45, 7) is 6.13. The summed E-state index contributed by atoms with van der Waals surface area (Å²) in [7, 11) is 1.40. The number of thiazole rings is 1. The Morgan fingerprint density at radius 1 is 1.11 bits per heavy atom.